The van der Waals surface area contributed by atoms with Gasteiger partial charge in [0.25, 0.3) is 0 Å². The number of fused-ring (bicyclic) bond motifs is 5. The molecule has 6 heteroatoms. The molecule has 96 valence electrons. The summed E-state index contributed by atoms with van der Waals surface area (Å²) >= 11 is 1.45. The molecule has 1 aromatic rings. The van der Waals surface area contributed by atoms with Gasteiger partial charge in [-0.2, -0.15) is 0 Å². The van der Waals surface area contributed by atoms with E-state index in [4.69, 9.17) is 4.74 Å². The molecule has 0 radical (unpaired) electrons. The van der Waals surface area contributed by atoms with Gasteiger partial charge in [0.2, 0.25) is 0 Å². The van der Waals surface area contributed by atoms with Crippen molar-refractivity contribution in [3.63, 3.8) is 0 Å². The number of amides is 2. The molecule has 0 unspecified atom stereocenters. The monoisotopic (exact) mass is 265 g/mol. The van der Waals surface area contributed by atoms with E-state index in [9.17, 15) is 4.79 Å². The van der Waals surface area contributed by atoms with Gasteiger partial charge in [-0.05, 0) is 12.8 Å². The van der Waals surface area contributed by atoms with E-state index in [1.54, 1.807) is 6.20 Å². The molecule has 4 heterocycles. The van der Waals surface area contributed by atoms with Gasteiger partial charge in [0.05, 0.1) is 12.2 Å². The van der Waals surface area contributed by atoms with Crippen molar-refractivity contribution in [1.29, 1.82) is 0 Å². The summed E-state index contributed by atoms with van der Waals surface area (Å²) in [5, 5.41) is 5.40. The molecule has 5 nitrogen and oxygen atoms in total. The third-order valence-corrected chi connectivity index (χ3v) is 5.07. The molecule has 3 aliphatic heterocycles. The molecule has 0 aromatic carbocycles. The Balaban J connectivity index is 1.44. The lowest BCUT2D eigenvalue weighted by atomic mass is 9.82. The van der Waals surface area contributed by atoms with E-state index in [0.717, 1.165) is 13.1 Å². The van der Waals surface area contributed by atoms with Crippen LogP contribution in [0.25, 0.3) is 0 Å². The van der Waals surface area contributed by atoms with Crippen molar-refractivity contribution in [2.24, 2.45) is 11.8 Å². The lowest BCUT2D eigenvalue weighted by Crippen LogP contribution is -2.35. The van der Waals surface area contributed by atoms with Crippen molar-refractivity contribution in [3.8, 4) is 0 Å². The zero-order chi connectivity index (χ0) is 12.1. The van der Waals surface area contributed by atoms with Gasteiger partial charge < -0.3 is 9.64 Å². The van der Waals surface area contributed by atoms with Crippen LogP contribution in [0.2, 0.25) is 0 Å². The van der Waals surface area contributed by atoms with Crippen molar-refractivity contribution < 1.29 is 9.53 Å². The molecule has 18 heavy (non-hydrogen) atoms. The van der Waals surface area contributed by atoms with E-state index in [0.29, 0.717) is 29.2 Å². The summed E-state index contributed by atoms with van der Waals surface area (Å²) in [5.74, 6) is 1.12. The largest absolute Gasteiger partial charge is 0.374 e. The van der Waals surface area contributed by atoms with Gasteiger partial charge in [-0.15, -0.1) is 11.3 Å². The maximum atomic E-state index is 12.1. The van der Waals surface area contributed by atoms with Gasteiger partial charge in [-0.1, -0.05) is 0 Å². The van der Waals surface area contributed by atoms with Gasteiger partial charge in [-0.3, -0.25) is 5.32 Å². The number of carbonyl (C=O) groups excluding carboxylic acids is 1. The Morgan fingerprint density at radius 1 is 1.39 bits per heavy atom. The van der Waals surface area contributed by atoms with E-state index in [1.165, 1.54) is 24.2 Å². The number of ether oxygens (including phenoxy) is 1. The number of rotatable bonds is 1. The van der Waals surface area contributed by atoms with Gasteiger partial charge in [0.15, 0.2) is 5.13 Å². The number of nitrogens with zero attached hydrogens (tertiary/aromatic N) is 2. The Bertz CT molecular complexity index is 446. The van der Waals surface area contributed by atoms with Crippen molar-refractivity contribution in [3.05, 3.63) is 11.6 Å². The van der Waals surface area contributed by atoms with E-state index in [1.807, 2.05) is 10.3 Å². The van der Waals surface area contributed by atoms with Crippen LogP contribution in [0.5, 0.6) is 0 Å². The zero-order valence-electron chi connectivity index (χ0n) is 9.91. The van der Waals surface area contributed by atoms with E-state index in [2.05, 4.69) is 10.3 Å². The Labute approximate surface area is 109 Å². The molecule has 4 rings (SSSR count). The number of hydrogen-bond acceptors (Lipinski definition) is 4. The highest BCUT2D eigenvalue weighted by Gasteiger charge is 2.53. The number of likely N-dealkylation sites (tertiary alicyclic amines) is 1. The van der Waals surface area contributed by atoms with Crippen molar-refractivity contribution in [2.45, 2.75) is 25.0 Å². The van der Waals surface area contributed by atoms with Crippen LogP contribution < -0.4 is 5.32 Å². The third-order valence-electron chi connectivity index (χ3n) is 4.39. The Kier molecular flexibility index (Phi) is 2.35. The average Bonchev–Trinajstić information content (AvgIpc) is 3.11. The van der Waals surface area contributed by atoms with Crippen molar-refractivity contribution in [2.75, 3.05) is 18.4 Å². The molecule has 3 fully saturated rings. The summed E-state index contributed by atoms with van der Waals surface area (Å²) in [6, 6.07) is -0.0150. The first-order chi connectivity index (χ1) is 8.81. The molecular weight excluding hydrogens is 250 g/mol. The van der Waals surface area contributed by atoms with Gasteiger partial charge >= 0.3 is 6.03 Å². The van der Waals surface area contributed by atoms with Crippen LogP contribution >= 0.6 is 11.3 Å². The Morgan fingerprint density at radius 2 is 2.11 bits per heavy atom. The zero-order valence-corrected chi connectivity index (χ0v) is 10.7. The predicted octanol–water partition coefficient (Wildman–Crippen LogP) is 1.78. The number of thiazole rings is 1. The number of anilines is 1. The molecule has 0 saturated carbocycles. The fraction of sp³-hybridized carbons (Fsp3) is 0.667. The predicted molar refractivity (Wildman–Crippen MR) is 67.6 cm³/mol. The summed E-state index contributed by atoms with van der Waals surface area (Å²) in [4.78, 5) is 18.1. The van der Waals surface area contributed by atoms with Crippen LogP contribution in [-0.4, -0.2) is 41.2 Å². The second-order valence-electron chi connectivity index (χ2n) is 5.29. The molecule has 0 aliphatic carbocycles. The maximum absolute atomic E-state index is 12.1. The lowest BCUT2D eigenvalue weighted by molar-refractivity contribution is 0.0747. The lowest BCUT2D eigenvalue weighted by Gasteiger charge is -2.18. The van der Waals surface area contributed by atoms with Crippen molar-refractivity contribution >= 4 is 22.5 Å². The van der Waals surface area contributed by atoms with Crippen LogP contribution in [0.4, 0.5) is 9.93 Å². The summed E-state index contributed by atoms with van der Waals surface area (Å²) in [6.07, 6.45) is 4.85. The van der Waals surface area contributed by atoms with Gasteiger partial charge in [0, 0.05) is 36.5 Å². The number of aromatic nitrogens is 1. The molecule has 0 spiro atoms. The molecule has 3 aliphatic rings. The normalized spacial score (nSPS) is 37.0. The highest BCUT2D eigenvalue weighted by molar-refractivity contribution is 7.13. The first kappa shape index (κ1) is 10.8. The highest BCUT2D eigenvalue weighted by Crippen LogP contribution is 2.47. The summed E-state index contributed by atoms with van der Waals surface area (Å²) in [7, 11) is 0. The van der Waals surface area contributed by atoms with Crippen molar-refractivity contribution in [1.82, 2.24) is 9.88 Å². The van der Waals surface area contributed by atoms with E-state index < -0.39 is 0 Å². The number of nitrogens with one attached hydrogen (secondary N) is 1. The number of urea groups is 1. The minimum atomic E-state index is -0.0150. The highest BCUT2D eigenvalue weighted by atomic mass is 32.1. The first-order valence-electron chi connectivity index (χ1n) is 6.42. The molecule has 4 atom stereocenters. The second kappa shape index (κ2) is 3.93. The molecular formula is C12H15N3O2S. The minimum Gasteiger partial charge on any atom is -0.374 e. The van der Waals surface area contributed by atoms with Crippen LogP contribution in [0, 0.1) is 11.8 Å². The van der Waals surface area contributed by atoms with E-state index in [-0.39, 0.29) is 6.03 Å². The van der Waals surface area contributed by atoms with Crippen LogP contribution in [0.3, 0.4) is 0 Å². The third kappa shape index (κ3) is 1.55. The summed E-state index contributed by atoms with van der Waals surface area (Å²) < 4.78 is 5.90. The molecule has 2 amide bonds. The fourth-order valence-electron chi connectivity index (χ4n) is 3.58. The topological polar surface area (TPSA) is 54.5 Å². The molecule has 3 saturated heterocycles. The molecule has 2 bridgehead atoms. The standard InChI is InChI=1S/C12H15N3O2S/c16-12(14-11-13-3-4-18-11)15-5-7-8(6-15)10-2-1-9(7)17-10/h3-4,7-10H,1-2,5-6H2,(H,13,14,16)/t7-,8+,9+,10-. The minimum absolute atomic E-state index is 0.0150. The quantitative estimate of drug-likeness (QED) is 0.842. The second-order valence-corrected chi connectivity index (χ2v) is 6.19. The number of carbonyl (C=O) groups is 1. The number of hydrogen-bond donors (Lipinski definition) is 1. The van der Waals surface area contributed by atoms with Gasteiger partial charge in [-0.25, -0.2) is 9.78 Å². The SMILES string of the molecule is O=C(Nc1nccs1)N1C[C@@H]2[C@H](C1)[C@H]1CC[C@@H]2O1. The first-order valence-corrected chi connectivity index (χ1v) is 7.30. The molecule has 1 N–H and O–H groups in total. The maximum Gasteiger partial charge on any atom is 0.323 e. The van der Waals surface area contributed by atoms with Gasteiger partial charge in [0.1, 0.15) is 0 Å². The Hall–Kier alpha value is -1.14. The van der Waals surface area contributed by atoms with E-state index >= 15 is 0 Å². The molecule has 1 aromatic heterocycles. The van der Waals surface area contributed by atoms with Crippen LogP contribution in [-0.2, 0) is 4.74 Å². The van der Waals surface area contributed by atoms with Crippen LogP contribution in [0.15, 0.2) is 11.6 Å². The van der Waals surface area contributed by atoms with Crippen LogP contribution in [0.1, 0.15) is 12.8 Å². The fourth-order valence-corrected chi connectivity index (χ4v) is 4.10. The Morgan fingerprint density at radius 3 is 2.72 bits per heavy atom. The summed E-state index contributed by atoms with van der Waals surface area (Å²) in [5.41, 5.74) is 0. The smallest absolute Gasteiger partial charge is 0.323 e. The summed E-state index contributed by atoms with van der Waals surface area (Å²) in [6.45, 7) is 1.67. The average molecular weight is 265 g/mol.